The van der Waals surface area contributed by atoms with Crippen LogP contribution in [0.4, 0.5) is 4.39 Å². The molecule has 19 heavy (non-hydrogen) atoms. The molecule has 0 heterocycles. The molecule has 0 aliphatic carbocycles. The normalized spacial score (nSPS) is 12.4. The third-order valence-corrected chi connectivity index (χ3v) is 4.51. The Labute approximate surface area is 122 Å². The average Bonchev–Trinajstić information content (AvgIpc) is 2.42. The van der Waals surface area contributed by atoms with Crippen LogP contribution in [0.5, 0.6) is 0 Å². The summed E-state index contributed by atoms with van der Waals surface area (Å²) in [6, 6.07) is 12.9. The second-order valence-electron chi connectivity index (χ2n) is 4.23. The summed E-state index contributed by atoms with van der Waals surface area (Å²) in [5.74, 6) is -0.218. The quantitative estimate of drug-likeness (QED) is 0.860. The molecule has 0 aliphatic heterocycles. The number of nitrogens with one attached hydrogen (secondary N) is 1. The minimum atomic E-state index is -0.218. The van der Waals surface area contributed by atoms with Gasteiger partial charge >= 0.3 is 0 Å². The lowest BCUT2D eigenvalue weighted by Gasteiger charge is -2.12. The van der Waals surface area contributed by atoms with Crippen molar-refractivity contribution in [1.82, 2.24) is 5.32 Å². The van der Waals surface area contributed by atoms with Gasteiger partial charge in [0.2, 0.25) is 0 Å². The molecule has 0 bridgehead atoms. The fourth-order valence-electron chi connectivity index (χ4n) is 1.68. The lowest BCUT2D eigenvalue weighted by Crippen LogP contribution is -2.12. The molecule has 0 fully saturated rings. The van der Waals surface area contributed by atoms with Gasteiger partial charge < -0.3 is 5.32 Å². The summed E-state index contributed by atoms with van der Waals surface area (Å²) < 4.78 is 14.1. The molecule has 0 radical (unpaired) electrons. The maximum atomic E-state index is 14.1. The second-order valence-corrected chi connectivity index (χ2v) is 5.72. The minimum Gasteiger partial charge on any atom is -0.313 e. The van der Waals surface area contributed by atoms with E-state index in [0.717, 1.165) is 10.5 Å². The fourth-order valence-corrected chi connectivity index (χ4v) is 2.77. The molecular formula is C15H15ClFNS. The lowest BCUT2D eigenvalue weighted by molar-refractivity contribution is 0.587. The molecule has 100 valence electrons. The van der Waals surface area contributed by atoms with Gasteiger partial charge in [0.25, 0.3) is 0 Å². The first-order valence-corrected chi connectivity index (χ1v) is 7.20. The molecule has 0 saturated heterocycles. The van der Waals surface area contributed by atoms with Gasteiger partial charge in [-0.3, -0.25) is 0 Å². The van der Waals surface area contributed by atoms with Crippen LogP contribution in [-0.2, 0) is 0 Å². The molecule has 1 atom stereocenters. The van der Waals surface area contributed by atoms with Crippen molar-refractivity contribution in [2.24, 2.45) is 0 Å². The largest absolute Gasteiger partial charge is 0.313 e. The Balaban J connectivity index is 2.25. The summed E-state index contributed by atoms with van der Waals surface area (Å²) >= 11 is 7.42. The highest BCUT2D eigenvalue weighted by Gasteiger charge is 2.10. The van der Waals surface area contributed by atoms with E-state index in [-0.39, 0.29) is 11.9 Å². The molecule has 1 unspecified atom stereocenters. The molecule has 2 aromatic rings. The maximum Gasteiger partial charge on any atom is 0.137 e. The number of benzene rings is 2. The Hall–Kier alpha value is -1.03. The van der Waals surface area contributed by atoms with Crippen molar-refractivity contribution >= 4 is 23.4 Å². The van der Waals surface area contributed by atoms with E-state index in [4.69, 9.17) is 11.6 Å². The maximum absolute atomic E-state index is 14.1. The van der Waals surface area contributed by atoms with Crippen molar-refractivity contribution in [2.45, 2.75) is 22.8 Å². The molecule has 1 nitrogen and oxygen atoms in total. The van der Waals surface area contributed by atoms with Gasteiger partial charge in [0, 0.05) is 15.8 Å². The van der Waals surface area contributed by atoms with E-state index in [0.29, 0.717) is 9.92 Å². The summed E-state index contributed by atoms with van der Waals surface area (Å²) in [6.45, 7) is 2.00. The predicted molar refractivity (Wildman–Crippen MR) is 79.4 cm³/mol. The SMILES string of the molecule is CNC(C)c1ccc(Sc2ccccc2Cl)c(F)c1. The summed E-state index contributed by atoms with van der Waals surface area (Å²) in [5.41, 5.74) is 0.934. The van der Waals surface area contributed by atoms with E-state index < -0.39 is 0 Å². The minimum absolute atomic E-state index is 0.133. The van der Waals surface area contributed by atoms with Crippen molar-refractivity contribution < 1.29 is 4.39 Å². The van der Waals surface area contributed by atoms with E-state index in [2.05, 4.69) is 5.32 Å². The smallest absolute Gasteiger partial charge is 0.137 e. The predicted octanol–water partition coefficient (Wildman–Crippen LogP) is 4.91. The van der Waals surface area contributed by atoms with Crippen LogP contribution in [0.15, 0.2) is 52.3 Å². The van der Waals surface area contributed by atoms with Gasteiger partial charge in [0.15, 0.2) is 0 Å². The first-order chi connectivity index (χ1) is 9.11. The van der Waals surface area contributed by atoms with E-state index in [1.54, 1.807) is 18.2 Å². The molecule has 2 aromatic carbocycles. The average molecular weight is 296 g/mol. The molecule has 0 spiro atoms. The van der Waals surface area contributed by atoms with Crippen LogP contribution in [0.3, 0.4) is 0 Å². The van der Waals surface area contributed by atoms with E-state index in [1.807, 2.05) is 38.2 Å². The molecule has 0 aliphatic rings. The monoisotopic (exact) mass is 295 g/mol. The Bertz CT molecular complexity index is 574. The molecule has 0 aromatic heterocycles. The van der Waals surface area contributed by atoms with Crippen LogP contribution in [0, 0.1) is 5.82 Å². The van der Waals surface area contributed by atoms with Gasteiger partial charge in [-0.05, 0) is 43.8 Å². The van der Waals surface area contributed by atoms with Crippen molar-refractivity contribution in [2.75, 3.05) is 7.05 Å². The molecule has 4 heteroatoms. The summed E-state index contributed by atoms with van der Waals surface area (Å²) in [4.78, 5) is 1.44. The van der Waals surface area contributed by atoms with Gasteiger partial charge in [-0.25, -0.2) is 4.39 Å². The highest BCUT2D eigenvalue weighted by Crippen LogP contribution is 2.35. The van der Waals surface area contributed by atoms with Crippen molar-refractivity contribution in [3.63, 3.8) is 0 Å². The third kappa shape index (κ3) is 3.50. The Kier molecular flexibility index (Phi) is 4.86. The zero-order valence-corrected chi connectivity index (χ0v) is 12.4. The number of hydrogen-bond acceptors (Lipinski definition) is 2. The van der Waals surface area contributed by atoms with Gasteiger partial charge in [-0.15, -0.1) is 0 Å². The topological polar surface area (TPSA) is 12.0 Å². The molecule has 0 amide bonds. The van der Waals surface area contributed by atoms with Gasteiger partial charge in [0.1, 0.15) is 5.82 Å². The fraction of sp³-hybridized carbons (Fsp3) is 0.200. The van der Waals surface area contributed by atoms with Crippen LogP contribution in [0.25, 0.3) is 0 Å². The summed E-state index contributed by atoms with van der Waals surface area (Å²) in [5, 5.41) is 3.73. The van der Waals surface area contributed by atoms with Gasteiger partial charge in [-0.1, -0.05) is 41.6 Å². The van der Waals surface area contributed by atoms with E-state index in [9.17, 15) is 4.39 Å². The van der Waals surface area contributed by atoms with Crippen LogP contribution < -0.4 is 5.32 Å². The first-order valence-electron chi connectivity index (χ1n) is 6.01. The van der Waals surface area contributed by atoms with Crippen molar-refractivity contribution in [1.29, 1.82) is 0 Å². The highest BCUT2D eigenvalue weighted by atomic mass is 35.5. The standard InChI is InChI=1S/C15H15ClFNS/c1-10(18-2)11-7-8-15(13(17)9-11)19-14-6-4-3-5-12(14)16/h3-10,18H,1-2H3. The molecule has 1 N–H and O–H groups in total. The second kappa shape index (κ2) is 6.42. The summed E-state index contributed by atoms with van der Waals surface area (Å²) in [7, 11) is 1.86. The molecular weight excluding hydrogens is 281 g/mol. The summed E-state index contributed by atoms with van der Waals surface area (Å²) in [6.07, 6.45) is 0. The third-order valence-electron chi connectivity index (χ3n) is 2.95. The molecule has 2 rings (SSSR count). The van der Waals surface area contributed by atoms with Crippen LogP contribution in [0.2, 0.25) is 5.02 Å². The van der Waals surface area contributed by atoms with E-state index >= 15 is 0 Å². The van der Waals surface area contributed by atoms with Crippen LogP contribution in [-0.4, -0.2) is 7.05 Å². The lowest BCUT2D eigenvalue weighted by atomic mass is 10.1. The van der Waals surface area contributed by atoms with E-state index in [1.165, 1.54) is 11.8 Å². The zero-order valence-electron chi connectivity index (χ0n) is 10.8. The number of halogens is 2. The van der Waals surface area contributed by atoms with Gasteiger partial charge in [-0.2, -0.15) is 0 Å². The number of rotatable bonds is 4. The first kappa shape index (κ1) is 14.4. The van der Waals surface area contributed by atoms with Crippen molar-refractivity contribution in [3.05, 3.63) is 58.9 Å². The van der Waals surface area contributed by atoms with Gasteiger partial charge in [0.05, 0.1) is 5.02 Å². The van der Waals surface area contributed by atoms with Crippen LogP contribution >= 0.6 is 23.4 Å². The highest BCUT2D eigenvalue weighted by molar-refractivity contribution is 7.99. The van der Waals surface area contributed by atoms with Crippen molar-refractivity contribution in [3.8, 4) is 0 Å². The Morgan fingerprint density at radius 3 is 2.53 bits per heavy atom. The Morgan fingerprint density at radius 2 is 1.89 bits per heavy atom. The Morgan fingerprint density at radius 1 is 1.16 bits per heavy atom. The zero-order chi connectivity index (χ0) is 13.8. The molecule has 0 saturated carbocycles. The number of hydrogen-bond donors (Lipinski definition) is 1. The van der Waals surface area contributed by atoms with Crippen LogP contribution in [0.1, 0.15) is 18.5 Å².